The van der Waals surface area contributed by atoms with E-state index in [1.54, 1.807) is 0 Å². The second kappa shape index (κ2) is 5.67. The molecule has 0 saturated heterocycles. The highest BCUT2D eigenvalue weighted by Crippen LogP contribution is 2.55. The monoisotopic (exact) mass is 333 g/mol. The van der Waals surface area contributed by atoms with Crippen molar-refractivity contribution in [1.82, 2.24) is 4.98 Å². The molecule has 3 aromatic carbocycles. The number of aromatic nitrogens is 1. The van der Waals surface area contributed by atoms with Crippen LogP contribution in [0.15, 0.2) is 97.2 Å². The first-order chi connectivity index (χ1) is 12.8. The van der Waals surface area contributed by atoms with E-state index in [9.17, 15) is 0 Å². The van der Waals surface area contributed by atoms with E-state index in [4.69, 9.17) is 0 Å². The molecule has 1 aliphatic rings. The summed E-state index contributed by atoms with van der Waals surface area (Å²) >= 11 is 0. The summed E-state index contributed by atoms with van der Waals surface area (Å²) in [7, 11) is 0. The maximum atomic E-state index is 4.68. The van der Waals surface area contributed by atoms with Crippen molar-refractivity contribution in [2.45, 2.75) is 12.3 Å². The number of aryl methyl sites for hydroxylation is 1. The molecule has 0 bridgehead atoms. The van der Waals surface area contributed by atoms with Crippen molar-refractivity contribution in [2.24, 2.45) is 0 Å². The summed E-state index contributed by atoms with van der Waals surface area (Å²) in [6.45, 7) is 2.06. The second-order valence-electron chi connectivity index (χ2n) is 6.90. The molecule has 1 nitrogen and oxygen atoms in total. The van der Waals surface area contributed by atoms with Crippen LogP contribution in [0.5, 0.6) is 0 Å². The first-order valence-electron chi connectivity index (χ1n) is 9.00. The standard InChI is InChI=1S/C25H19N/c1-18-16-22-21-14-8-9-15-23(21)25(24(22)17-26-18,19-10-4-2-5-11-19)20-12-6-3-7-13-20/h2-17H,1H3. The van der Waals surface area contributed by atoms with Gasteiger partial charge in [0, 0.05) is 11.9 Å². The highest BCUT2D eigenvalue weighted by molar-refractivity contribution is 5.86. The zero-order valence-electron chi connectivity index (χ0n) is 14.7. The summed E-state index contributed by atoms with van der Waals surface area (Å²) in [5.41, 5.74) is 8.49. The topological polar surface area (TPSA) is 12.9 Å². The zero-order valence-corrected chi connectivity index (χ0v) is 14.7. The molecule has 1 heteroatoms. The molecule has 0 radical (unpaired) electrons. The van der Waals surface area contributed by atoms with Gasteiger partial charge in [-0.15, -0.1) is 0 Å². The number of fused-ring (bicyclic) bond motifs is 3. The minimum Gasteiger partial charge on any atom is -0.261 e. The van der Waals surface area contributed by atoms with E-state index in [1.807, 2.05) is 0 Å². The van der Waals surface area contributed by atoms with Gasteiger partial charge in [-0.1, -0.05) is 84.9 Å². The van der Waals surface area contributed by atoms with Crippen LogP contribution in [0.2, 0.25) is 0 Å². The third kappa shape index (κ3) is 1.94. The van der Waals surface area contributed by atoms with Crippen molar-refractivity contribution in [1.29, 1.82) is 0 Å². The average Bonchev–Trinajstić information content (AvgIpc) is 3.00. The van der Waals surface area contributed by atoms with Crippen molar-refractivity contribution in [3.8, 4) is 11.1 Å². The molecule has 26 heavy (non-hydrogen) atoms. The average molecular weight is 333 g/mol. The van der Waals surface area contributed by atoms with Crippen LogP contribution in [-0.2, 0) is 5.41 Å². The van der Waals surface area contributed by atoms with Crippen molar-refractivity contribution in [3.05, 3.63) is 125 Å². The fraction of sp³-hybridized carbons (Fsp3) is 0.0800. The van der Waals surface area contributed by atoms with E-state index in [-0.39, 0.29) is 5.41 Å². The van der Waals surface area contributed by atoms with Crippen LogP contribution in [0, 0.1) is 6.92 Å². The van der Waals surface area contributed by atoms with Crippen molar-refractivity contribution in [2.75, 3.05) is 0 Å². The number of hydrogen-bond acceptors (Lipinski definition) is 1. The van der Waals surface area contributed by atoms with Gasteiger partial charge in [-0.3, -0.25) is 4.98 Å². The van der Waals surface area contributed by atoms with Crippen LogP contribution in [-0.4, -0.2) is 4.98 Å². The fourth-order valence-electron chi connectivity index (χ4n) is 4.44. The molecule has 0 amide bonds. The molecule has 124 valence electrons. The molecule has 1 heterocycles. The van der Waals surface area contributed by atoms with Gasteiger partial charge in [-0.25, -0.2) is 0 Å². The number of rotatable bonds is 2. The summed E-state index contributed by atoms with van der Waals surface area (Å²) in [6, 6.07) is 32.6. The van der Waals surface area contributed by atoms with Crippen LogP contribution in [0.4, 0.5) is 0 Å². The lowest BCUT2D eigenvalue weighted by Gasteiger charge is -2.33. The molecular formula is C25H19N. The molecule has 0 atom stereocenters. The molecule has 4 aromatic rings. The van der Waals surface area contributed by atoms with Gasteiger partial charge in [-0.05, 0) is 46.4 Å². The maximum absolute atomic E-state index is 4.68. The lowest BCUT2D eigenvalue weighted by molar-refractivity contribution is 0.763. The van der Waals surface area contributed by atoms with Crippen LogP contribution in [0.25, 0.3) is 11.1 Å². The van der Waals surface area contributed by atoms with Crippen LogP contribution in [0.1, 0.15) is 27.9 Å². The zero-order chi connectivity index (χ0) is 17.6. The Bertz CT molecular complexity index is 1040. The molecular weight excluding hydrogens is 314 g/mol. The normalized spacial score (nSPS) is 13.9. The lowest BCUT2D eigenvalue weighted by atomic mass is 9.68. The summed E-state index contributed by atoms with van der Waals surface area (Å²) < 4.78 is 0. The highest BCUT2D eigenvalue weighted by Gasteiger charge is 2.46. The molecule has 0 spiro atoms. The summed E-state index contributed by atoms with van der Waals surface area (Å²) in [4.78, 5) is 4.68. The number of nitrogens with zero attached hydrogens (tertiary/aromatic N) is 1. The maximum Gasteiger partial charge on any atom is 0.0728 e. The van der Waals surface area contributed by atoms with Gasteiger partial charge in [0.1, 0.15) is 0 Å². The third-order valence-corrected chi connectivity index (χ3v) is 5.48. The Morgan fingerprint density at radius 3 is 1.85 bits per heavy atom. The molecule has 0 N–H and O–H groups in total. The summed E-state index contributed by atoms with van der Waals surface area (Å²) in [6.07, 6.45) is 2.07. The molecule has 0 saturated carbocycles. The van der Waals surface area contributed by atoms with E-state index < -0.39 is 0 Å². The number of benzene rings is 3. The van der Waals surface area contributed by atoms with Gasteiger partial charge in [0.15, 0.2) is 0 Å². The fourth-order valence-corrected chi connectivity index (χ4v) is 4.44. The predicted molar refractivity (Wildman–Crippen MR) is 106 cm³/mol. The number of hydrogen-bond donors (Lipinski definition) is 0. The summed E-state index contributed by atoms with van der Waals surface area (Å²) in [5.74, 6) is 0. The van der Waals surface area contributed by atoms with Crippen molar-refractivity contribution in [3.63, 3.8) is 0 Å². The third-order valence-electron chi connectivity index (χ3n) is 5.48. The minimum atomic E-state index is -0.324. The molecule has 1 aliphatic carbocycles. The van der Waals surface area contributed by atoms with E-state index >= 15 is 0 Å². The van der Waals surface area contributed by atoms with Crippen molar-refractivity contribution < 1.29 is 0 Å². The van der Waals surface area contributed by atoms with Gasteiger partial charge < -0.3 is 0 Å². The van der Waals surface area contributed by atoms with Gasteiger partial charge in [0.2, 0.25) is 0 Å². The van der Waals surface area contributed by atoms with E-state index in [2.05, 4.69) is 109 Å². The number of pyridine rings is 1. The highest BCUT2D eigenvalue weighted by atomic mass is 14.7. The Balaban J connectivity index is 1.98. The Morgan fingerprint density at radius 1 is 0.615 bits per heavy atom. The van der Waals surface area contributed by atoms with Crippen LogP contribution < -0.4 is 0 Å². The van der Waals surface area contributed by atoms with Gasteiger partial charge in [-0.2, -0.15) is 0 Å². The predicted octanol–water partition coefficient (Wildman–Crippen LogP) is 5.75. The first-order valence-corrected chi connectivity index (χ1v) is 9.00. The van der Waals surface area contributed by atoms with Gasteiger partial charge >= 0.3 is 0 Å². The Labute approximate surface area is 154 Å². The van der Waals surface area contributed by atoms with E-state index in [1.165, 1.54) is 33.4 Å². The van der Waals surface area contributed by atoms with Gasteiger partial charge in [0.05, 0.1) is 5.41 Å². The SMILES string of the molecule is Cc1cc2c(cn1)C(c1ccccc1)(c1ccccc1)c1ccccc1-2. The lowest BCUT2D eigenvalue weighted by Crippen LogP contribution is -2.28. The quantitative estimate of drug-likeness (QED) is 0.400. The van der Waals surface area contributed by atoms with Crippen molar-refractivity contribution >= 4 is 0 Å². The van der Waals surface area contributed by atoms with Crippen LogP contribution >= 0.6 is 0 Å². The molecule has 0 unspecified atom stereocenters. The Kier molecular flexibility index (Phi) is 3.29. The minimum absolute atomic E-state index is 0.324. The smallest absolute Gasteiger partial charge is 0.0728 e. The molecule has 5 rings (SSSR count). The second-order valence-corrected chi connectivity index (χ2v) is 6.90. The first kappa shape index (κ1) is 15.1. The summed E-state index contributed by atoms with van der Waals surface area (Å²) in [5, 5.41) is 0. The molecule has 1 aromatic heterocycles. The van der Waals surface area contributed by atoms with Crippen LogP contribution in [0.3, 0.4) is 0 Å². The van der Waals surface area contributed by atoms with E-state index in [0.29, 0.717) is 0 Å². The Morgan fingerprint density at radius 2 is 1.19 bits per heavy atom. The van der Waals surface area contributed by atoms with Gasteiger partial charge in [0.25, 0.3) is 0 Å². The largest absolute Gasteiger partial charge is 0.261 e. The molecule has 0 aliphatic heterocycles. The van der Waals surface area contributed by atoms with E-state index in [0.717, 1.165) is 5.69 Å². The molecule has 0 fully saturated rings. The Hall–Kier alpha value is -3.19.